The van der Waals surface area contributed by atoms with E-state index in [1.54, 1.807) is 11.9 Å². The lowest BCUT2D eigenvalue weighted by atomic mass is 9.98. The van der Waals surface area contributed by atoms with Crippen molar-refractivity contribution in [3.05, 3.63) is 64.7 Å². The van der Waals surface area contributed by atoms with Gasteiger partial charge in [-0.1, -0.05) is 35.9 Å². The third-order valence-corrected chi connectivity index (χ3v) is 6.01. The number of rotatable bonds is 5. The Bertz CT molecular complexity index is 1080. The Hall–Kier alpha value is -3.48. The van der Waals surface area contributed by atoms with E-state index in [9.17, 15) is 14.4 Å². The fourth-order valence-electron chi connectivity index (χ4n) is 4.05. The van der Waals surface area contributed by atoms with Crippen molar-refractivity contribution in [1.82, 2.24) is 9.91 Å². The number of benzene rings is 2. The normalized spacial score (nSPS) is 15.8. The maximum Gasteiger partial charge on any atom is 0.270 e. The monoisotopic (exact) mass is 432 g/mol. The lowest BCUT2D eigenvalue weighted by Gasteiger charge is -2.30. The van der Waals surface area contributed by atoms with Gasteiger partial charge in [-0.15, -0.1) is 0 Å². The lowest BCUT2D eigenvalue weighted by molar-refractivity contribution is -0.131. The highest BCUT2D eigenvalue weighted by Crippen LogP contribution is 2.24. The number of hydrogen-bond donors (Lipinski definition) is 1. The molecule has 0 saturated carbocycles. The summed E-state index contributed by atoms with van der Waals surface area (Å²) in [6, 6.07) is 14.1. The standard InChI is InChI=1S/C25H28N4O3/c1-17-3-5-18(6-4-17)7-11-23(30)26-21-9-8-19-13-14-29(16-20(19)15-21)25(32)22-10-12-24(31)28(2)27-22/h3-6,8-9,15H,7,10-14,16H2,1-2H3,(H,26,30). The topological polar surface area (TPSA) is 82.1 Å². The molecule has 3 amide bonds. The number of nitrogens with one attached hydrogen (secondary N) is 1. The highest BCUT2D eigenvalue weighted by Gasteiger charge is 2.28. The number of carbonyl (C=O) groups excluding carboxylic acids is 3. The van der Waals surface area contributed by atoms with E-state index in [0.717, 1.165) is 23.2 Å². The summed E-state index contributed by atoms with van der Waals surface area (Å²) in [6.07, 6.45) is 2.55. The van der Waals surface area contributed by atoms with E-state index < -0.39 is 0 Å². The van der Waals surface area contributed by atoms with Crippen LogP contribution < -0.4 is 5.32 Å². The lowest BCUT2D eigenvalue weighted by Crippen LogP contribution is -2.42. The van der Waals surface area contributed by atoms with E-state index >= 15 is 0 Å². The van der Waals surface area contributed by atoms with Gasteiger partial charge >= 0.3 is 0 Å². The second-order valence-corrected chi connectivity index (χ2v) is 8.46. The fraction of sp³-hybridized carbons (Fsp3) is 0.360. The molecule has 0 fully saturated rings. The van der Waals surface area contributed by atoms with Gasteiger partial charge in [0.2, 0.25) is 11.8 Å². The van der Waals surface area contributed by atoms with Crippen molar-refractivity contribution < 1.29 is 14.4 Å². The van der Waals surface area contributed by atoms with Crippen LogP contribution in [0.25, 0.3) is 0 Å². The molecule has 2 aromatic carbocycles. The molecule has 7 nitrogen and oxygen atoms in total. The predicted octanol–water partition coefficient (Wildman–Crippen LogP) is 3.06. The highest BCUT2D eigenvalue weighted by atomic mass is 16.2. The van der Waals surface area contributed by atoms with Gasteiger partial charge in [0.05, 0.1) is 0 Å². The summed E-state index contributed by atoms with van der Waals surface area (Å²) in [5, 5.41) is 8.38. The first-order valence-corrected chi connectivity index (χ1v) is 11.0. The van der Waals surface area contributed by atoms with E-state index in [1.165, 1.54) is 16.1 Å². The molecule has 0 aliphatic carbocycles. The SMILES string of the molecule is Cc1ccc(CCC(=O)Nc2ccc3c(c2)CN(C(=O)C2=NN(C)C(=O)CC2)CC3)cc1. The van der Waals surface area contributed by atoms with Gasteiger partial charge in [-0.25, -0.2) is 5.01 Å². The van der Waals surface area contributed by atoms with Crippen molar-refractivity contribution >= 4 is 29.1 Å². The van der Waals surface area contributed by atoms with Crippen LogP contribution in [0, 0.1) is 6.92 Å². The van der Waals surface area contributed by atoms with Gasteiger partial charge in [0.15, 0.2) is 0 Å². The van der Waals surface area contributed by atoms with Crippen LogP contribution in [0.4, 0.5) is 5.69 Å². The summed E-state index contributed by atoms with van der Waals surface area (Å²) >= 11 is 0. The van der Waals surface area contributed by atoms with Crippen LogP contribution >= 0.6 is 0 Å². The molecule has 2 aliphatic rings. The molecule has 32 heavy (non-hydrogen) atoms. The highest BCUT2D eigenvalue weighted by molar-refractivity contribution is 6.39. The molecule has 1 N–H and O–H groups in total. The Balaban J connectivity index is 1.37. The van der Waals surface area contributed by atoms with E-state index in [0.29, 0.717) is 44.5 Å². The Morgan fingerprint density at radius 1 is 1.03 bits per heavy atom. The molecule has 7 heteroatoms. The van der Waals surface area contributed by atoms with Gasteiger partial charge < -0.3 is 10.2 Å². The predicted molar refractivity (Wildman–Crippen MR) is 123 cm³/mol. The maximum atomic E-state index is 12.9. The molecule has 4 rings (SSSR count). The summed E-state index contributed by atoms with van der Waals surface area (Å²) in [5.41, 5.74) is 5.73. The second-order valence-electron chi connectivity index (χ2n) is 8.46. The molecule has 0 unspecified atom stereocenters. The zero-order valence-corrected chi connectivity index (χ0v) is 18.6. The Kier molecular flexibility index (Phi) is 6.35. The van der Waals surface area contributed by atoms with Gasteiger partial charge in [-0.2, -0.15) is 5.10 Å². The Morgan fingerprint density at radius 3 is 2.56 bits per heavy atom. The van der Waals surface area contributed by atoms with Crippen molar-refractivity contribution in [2.75, 3.05) is 18.9 Å². The molecule has 0 atom stereocenters. The molecule has 166 valence electrons. The van der Waals surface area contributed by atoms with E-state index in [4.69, 9.17) is 0 Å². The molecule has 2 heterocycles. The molecular formula is C25H28N4O3. The van der Waals surface area contributed by atoms with E-state index in [2.05, 4.69) is 34.7 Å². The smallest absolute Gasteiger partial charge is 0.270 e. The number of amides is 3. The summed E-state index contributed by atoms with van der Waals surface area (Å²) in [6.45, 7) is 3.13. The Morgan fingerprint density at radius 2 is 1.81 bits per heavy atom. The quantitative estimate of drug-likeness (QED) is 0.788. The molecule has 0 radical (unpaired) electrons. The fourth-order valence-corrected chi connectivity index (χ4v) is 4.05. The third-order valence-electron chi connectivity index (χ3n) is 6.01. The van der Waals surface area contributed by atoms with Crippen LogP contribution in [0.2, 0.25) is 0 Å². The zero-order valence-electron chi connectivity index (χ0n) is 18.6. The van der Waals surface area contributed by atoms with Crippen LogP contribution in [0.5, 0.6) is 0 Å². The molecule has 2 aliphatic heterocycles. The number of nitrogens with zero attached hydrogens (tertiary/aromatic N) is 3. The van der Waals surface area contributed by atoms with Gasteiger partial charge in [0, 0.05) is 45.1 Å². The average Bonchev–Trinajstić information content (AvgIpc) is 2.79. The summed E-state index contributed by atoms with van der Waals surface area (Å²) in [7, 11) is 1.58. The van der Waals surface area contributed by atoms with Crippen molar-refractivity contribution in [3.8, 4) is 0 Å². The van der Waals surface area contributed by atoms with Crippen molar-refractivity contribution in [2.24, 2.45) is 5.10 Å². The minimum absolute atomic E-state index is 0.0291. The first-order valence-electron chi connectivity index (χ1n) is 11.0. The first-order chi connectivity index (χ1) is 15.4. The van der Waals surface area contributed by atoms with Gasteiger partial charge in [0.1, 0.15) is 5.71 Å². The number of hydrazone groups is 1. The summed E-state index contributed by atoms with van der Waals surface area (Å²) in [5.74, 6) is -0.227. The molecular weight excluding hydrogens is 404 g/mol. The van der Waals surface area contributed by atoms with Gasteiger partial charge in [-0.05, 0) is 48.6 Å². The van der Waals surface area contributed by atoms with Crippen LogP contribution in [0.15, 0.2) is 47.6 Å². The number of hydrogen-bond acceptors (Lipinski definition) is 4. The van der Waals surface area contributed by atoms with Gasteiger partial charge in [0.25, 0.3) is 5.91 Å². The second kappa shape index (κ2) is 9.34. The largest absolute Gasteiger partial charge is 0.333 e. The number of aryl methyl sites for hydroxylation is 2. The number of carbonyl (C=O) groups is 3. The van der Waals surface area contributed by atoms with Gasteiger partial charge in [-0.3, -0.25) is 14.4 Å². The first kappa shape index (κ1) is 21.7. The number of fused-ring (bicyclic) bond motifs is 1. The minimum atomic E-state index is -0.123. The van der Waals surface area contributed by atoms with Crippen LogP contribution in [-0.2, 0) is 33.8 Å². The molecule has 2 aromatic rings. The number of anilines is 1. The molecule has 0 spiro atoms. The zero-order chi connectivity index (χ0) is 22.7. The van der Waals surface area contributed by atoms with Crippen molar-refractivity contribution in [2.45, 2.75) is 45.6 Å². The van der Waals surface area contributed by atoms with Crippen LogP contribution in [-0.4, -0.2) is 46.9 Å². The minimum Gasteiger partial charge on any atom is -0.333 e. The van der Waals surface area contributed by atoms with Crippen LogP contribution in [0.3, 0.4) is 0 Å². The Labute approximate surface area is 188 Å². The van der Waals surface area contributed by atoms with Crippen LogP contribution in [0.1, 0.15) is 41.5 Å². The summed E-state index contributed by atoms with van der Waals surface area (Å²) in [4.78, 5) is 38.7. The van der Waals surface area contributed by atoms with E-state index in [-0.39, 0.29) is 17.7 Å². The molecule has 0 bridgehead atoms. The molecule has 0 saturated heterocycles. The maximum absolute atomic E-state index is 12.9. The van der Waals surface area contributed by atoms with E-state index in [1.807, 2.05) is 25.1 Å². The molecule has 0 aromatic heterocycles. The average molecular weight is 433 g/mol. The van der Waals surface area contributed by atoms with Crippen molar-refractivity contribution in [3.63, 3.8) is 0 Å². The third kappa shape index (κ3) is 5.04. The summed E-state index contributed by atoms with van der Waals surface area (Å²) < 4.78 is 0. The van der Waals surface area contributed by atoms with Crippen molar-refractivity contribution in [1.29, 1.82) is 0 Å².